The minimum absolute atomic E-state index is 0.115. The van der Waals surface area contributed by atoms with E-state index in [4.69, 9.17) is 10.5 Å². The van der Waals surface area contributed by atoms with Gasteiger partial charge in [0.25, 0.3) is 0 Å². The van der Waals surface area contributed by atoms with Gasteiger partial charge in [-0.3, -0.25) is 0 Å². The molecule has 1 heterocycles. The topological polar surface area (TPSA) is 47.3 Å². The summed E-state index contributed by atoms with van der Waals surface area (Å²) in [4.78, 5) is 0. The summed E-state index contributed by atoms with van der Waals surface area (Å²) in [6, 6.07) is 3.88. The minimum Gasteiger partial charge on any atom is -0.497 e. The molecule has 0 aliphatic carbocycles. The maximum absolute atomic E-state index is 12.9. The number of alkyl halides is 3. The van der Waals surface area contributed by atoms with E-state index < -0.39 is 17.3 Å². The van der Waals surface area contributed by atoms with Crippen LogP contribution < -0.4 is 15.8 Å². The highest BCUT2D eigenvalue weighted by atomic mass is 19.4. The monoisotopic (exact) mass is 246 g/mol. The molecule has 3 N–H and O–H groups in total. The first-order valence-electron chi connectivity index (χ1n) is 5.12. The van der Waals surface area contributed by atoms with Crippen molar-refractivity contribution in [3.63, 3.8) is 0 Å². The molecule has 0 aromatic heterocycles. The van der Waals surface area contributed by atoms with Crippen molar-refractivity contribution in [2.24, 2.45) is 5.73 Å². The van der Waals surface area contributed by atoms with E-state index in [1.807, 2.05) is 0 Å². The third-order valence-corrected chi connectivity index (χ3v) is 2.95. The Bertz CT molecular complexity index is 427. The van der Waals surface area contributed by atoms with Crippen LogP contribution in [0.15, 0.2) is 18.2 Å². The summed E-state index contributed by atoms with van der Waals surface area (Å²) < 4.78 is 43.6. The molecule has 0 bridgehead atoms. The lowest BCUT2D eigenvalue weighted by atomic mass is 9.82. The molecule has 0 atom stereocenters. The summed E-state index contributed by atoms with van der Waals surface area (Å²) in [5.41, 5.74) is 4.37. The number of nitrogens with one attached hydrogen (secondary N) is 1. The van der Waals surface area contributed by atoms with Crippen LogP contribution in [0.4, 0.5) is 13.2 Å². The first-order chi connectivity index (χ1) is 7.87. The van der Waals surface area contributed by atoms with Gasteiger partial charge in [-0.2, -0.15) is 13.2 Å². The van der Waals surface area contributed by atoms with E-state index in [9.17, 15) is 13.2 Å². The number of hydrogen-bond acceptors (Lipinski definition) is 3. The fourth-order valence-corrected chi connectivity index (χ4v) is 1.90. The lowest BCUT2D eigenvalue weighted by molar-refractivity contribution is -0.139. The predicted molar refractivity (Wildman–Crippen MR) is 56.7 cm³/mol. The average Bonchev–Trinajstić information content (AvgIpc) is 2.24. The molecule has 1 aromatic carbocycles. The summed E-state index contributed by atoms with van der Waals surface area (Å²) in [6.45, 7) is 0.699. The van der Waals surface area contributed by atoms with Crippen molar-refractivity contribution in [2.45, 2.75) is 11.7 Å². The van der Waals surface area contributed by atoms with Crippen molar-refractivity contribution >= 4 is 0 Å². The second kappa shape index (κ2) is 3.89. The molecule has 0 radical (unpaired) electrons. The first kappa shape index (κ1) is 12.2. The Morgan fingerprint density at radius 3 is 2.41 bits per heavy atom. The first-order valence-corrected chi connectivity index (χ1v) is 5.12. The van der Waals surface area contributed by atoms with E-state index in [2.05, 4.69) is 5.32 Å². The second-order valence-electron chi connectivity index (χ2n) is 4.17. The zero-order valence-corrected chi connectivity index (χ0v) is 9.27. The van der Waals surface area contributed by atoms with E-state index in [1.165, 1.54) is 19.2 Å². The van der Waals surface area contributed by atoms with E-state index in [0.717, 1.165) is 6.07 Å². The standard InChI is InChI=1S/C11H13F3N2O/c1-17-7-2-3-8(10(15)5-16-6-10)9(4-7)11(12,13)14/h2-4,16H,5-6,15H2,1H3. The van der Waals surface area contributed by atoms with Gasteiger partial charge in [0.2, 0.25) is 0 Å². The average molecular weight is 246 g/mol. The number of methoxy groups -OCH3 is 1. The van der Waals surface area contributed by atoms with Gasteiger partial charge in [-0.25, -0.2) is 0 Å². The fourth-order valence-electron chi connectivity index (χ4n) is 1.90. The lowest BCUT2D eigenvalue weighted by Gasteiger charge is -2.40. The van der Waals surface area contributed by atoms with Crippen LogP contribution in [0.2, 0.25) is 0 Å². The predicted octanol–water partition coefficient (Wildman–Crippen LogP) is 1.47. The van der Waals surface area contributed by atoms with Crippen molar-refractivity contribution in [3.05, 3.63) is 29.3 Å². The quantitative estimate of drug-likeness (QED) is 0.830. The Labute approximate surface area is 96.8 Å². The molecule has 2 rings (SSSR count). The van der Waals surface area contributed by atoms with Gasteiger partial charge in [0, 0.05) is 13.1 Å². The van der Waals surface area contributed by atoms with Gasteiger partial charge in [0.05, 0.1) is 18.2 Å². The molecule has 1 aliphatic heterocycles. The molecular weight excluding hydrogens is 233 g/mol. The van der Waals surface area contributed by atoms with Crippen LogP contribution in [0, 0.1) is 0 Å². The molecule has 0 unspecified atom stereocenters. The van der Waals surface area contributed by atoms with Crippen molar-refractivity contribution in [1.29, 1.82) is 0 Å². The Balaban J connectivity index is 2.51. The summed E-state index contributed by atoms with van der Waals surface area (Å²) in [7, 11) is 1.33. The van der Waals surface area contributed by atoms with Crippen LogP contribution in [0.1, 0.15) is 11.1 Å². The van der Waals surface area contributed by atoms with Crippen molar-refractivity contribution in [3.8, 4) is 5.75 Å². The minimum atomic E-state index is -4.42. The van der Waals surface area contributed by atoms with Crippen LogP contribution in [0.5, 0.6) is 5.75 Å². The van der Waals surface area contributed by atoms with Crippen molar-refractivity contribution in [2.75, 3.05) is 20.2 Å². The SMILES string of the molecule is COc1ccc(C2(N)CNC2)c(C(F)(F)F)c1. The summed E-state index contributed by atoms with van der Waals surface area (Å²) in [5.74, 6) is 0.178. The van der Waals surface area contributed by atoms with Crippen LogP contribution in [0.25, 0.3) is 0 Å². The maximum atomic E-state index is 12.9. The van der Waals surface area contributed by atoms with Crippen LogP contribution >= 0.6 is 0 Å². The third kappa shape index (κ3) is 2.10. The molecule has 0 amide bonds. The van der Waals surface area contributed by atoms with Crippen LogP contribution in [0.3, 0.4) is 0 Å². The normalized spacial score (nSPS) is 18.6. The smallest absolute Gasteiger partial charge is 0.416 e. The molecule has 6 heteroatoms. The zero-order valence-electron chi connectivity index (χ0n) is 9.27. The van der Waals surface area contributed by atoms with Gasteiger partial charge >= 0.3 is 6.18 Å². The van der Waals surface area contributed by atoms with Gasteiger partial charge in [-0.05, 0) is 17.7 Å². The molecule has 0 spiro atoms. The maximum Gasteiger partial charge on any atom is 0.416 e. The molecular formula is C11H13F3N2O. The third-order valence-electron chi connectivity index (χ3n) is 2.95. The molecule has 1 aromatic rings. The highest BCUT2D eigenvalue weighted by Gasteiger charge is 2.43. The van der Waals surface area contributed by atoms with E-state index in [0.29, 0.717) is 13.1 Å². The number of nitrogens with two attached hydrogens (primary N) is 1. The number of hydrogen-bond donors (Lipinski definition) is 2. The molecule has 3 nitrogen and oxygen atoms in total. The second-order valence-corrected chi connectivity index (χ2v) is 4.17. The number of benzene rings is 1. The summed E-state index contributed by atoms with van der Waals surface area (Å²) in [5, 5.41) is 2.88. The van der Waals surface area contributed by atoms with Gasteiger partial charge < -0.3 is 15.8 Å². The fraction of sp³-hybridized carbons (Fsp3) is 0.455. The van der Waals surface area contributed by atoms with E-state index >= 15 is 0 Å². The van der Waals surface area contributed by atoms with Crippen LogP contribution in [-0.4, -0.2) is 20.2 Å². The van der Waals surface area contributed by atoms with E-state index in [-0.39, 0.29) is 11.3 Å². The molecule has 1 saturated heterocycles. The molecule has 1 fully saturated rings. The van der Waals surface area contributed by atoms with Gasteiger partial charge in [0.1, 0.15) is 5.75 Å². The number of halogens is 3. The molecule has 94 valence electrons. The Hall–Kier alpha value is -1.27. The van der Waals surface area contributed by atoms with Crippen molar-refractivity contribution < 1.29 is 17.9 Å². The summed E-state index contributed by atoms with van der Waals surface area (Å²) >= 11 is 0. The van der Waals surface area contributed by atoms with Gasteiger partial charge in [0.15, 0.2) is 0 Å². The number of ether oxygens (including phenoxy) is 1. The highest BCUT2D eigenvalue weighted by molar-refractivity contribution is 5.43. The highest BCUT2D eigenvalue weighted by Crippen LogP contribution is 2.39. The zero-order chi connectivity index (χ0) is 12.7. The summed E-state index contributed by atoms with van der Waals surface area (Å²) in [6.07, 6.45) is -4.42. The van der Waals surface area contributed by atoms with Gasteiger partial charge in [-0.1, -0.05) is 6.07 Å². The molecule has 17 heavy (non-hydrogen) atoms. The Kier molecular flexibility index (Phi) is 2.79. The molecule has 0 saturated carbocycles. The Morgan fingerprint density at radius 1 is 1.35 bits per heavy atom. The largest absolute Gasteiger partial charge is 0.497 e. The Morgan fingerprint density at radius 2 is 2.00 bits per heavy atom. The molecule has 1 aliphatic rings. The van der Waals surface area contributed by atoms with Gasteiger partial charge in [-0.15, -0.1) is 0 Å². The lowest BCUT2D eigenvalue weighted by Crippen LogP contribution is -2.63. The van der Waals surface area contributed by atoms with E-state index in [1.54, 1.807) is 0 Å². The number of rotatable bonds is 2. The van der Waals surface area contributed by atoms with Crippen LogP contribution in [-0.2, 0) is 11.7 Å². The van der Waals surface area contributed by atoms with Crippen molar-refractivity contribution in [1.82, 2.24) is 5.32 Å².